The summed E-state index contributed by atoms with van der Waals surface area (Å²) in [4.78, 5) is 11.4. The van der Waals surface area contributed by atoms with Crippen molar-refractivity contribution in [2.24, 2.45) is 7.05 Å². The largest absolute Gasteiger partial charge is 0.468 e. The van der Waals surface area contributed by atoms with Crippen LogP contribution >= 0.6 is 11.8 Å². The number of hydrogen-bond donors (Lipinski definition) is 0. The fourth-order valence-electron chi connectivity index (χ4n) is 1.78. The molecule has 0 spiro atoms. The molecular formula is C14H17N3O4S2. The fraction of sp³-hybridized carbons (Fsp3) is 0.357. The number of nitrogens with zero attached hydrogens (tertiary/aromatic N) is 3. The highest BCUT2D eigenvalue weighted by Gasteiger charge is 2.20. The summed E-state index contributed by atoms with van der Waals surface area (Å²) in [7, 11) is -0.528. The van der Waals surface area contributed by atoms with Gasteiger partial charge in [0.2, 0.25) is 0 Å². The maximum Gasteiger partial charge on any atom is 0.316 e. The molecule has 0 aliphatic carbocycles. The summed E-state index contributed by atoms with van der Waals surface area (Å²) in [5, 5.41) is 8.29. The van der Waals surface area contributed by atoms with Gasteiger partial charge in [-0.05, 0) is 19.1 Å². The van der Waals surface area contributed by atoms with Gasteiger partial charge in [-0.2, -0.15) is 0 Å². The van der Waals surface area contributed by atoms with Gasteiger partial charge in [-0.3, -0.25) is 4.79 Å². The first-order chi connectivity index (χ1) is 10.8. The van der Waals surface area contributed by atoms with E-state index in [4.69, 9.17) is 0 Å². The van der Waals surface area contributed by atoms with Crippen molar-refractivity contribution in [3.63, 3.8) is 0 Å². The first-order valence-corrected chi connectivity index (χ1v) is 9.34. The Morgan fingerprint density at radius 3 is 2.52 bits per heavy atom. The summed E-state index contributed by atoms with van der Waals surface area (Å²) in [5.74, 6) is -0.226. The van der Waals surface area contributed by atoms with E-state index in [1.165, 1.54) is 7.11 Å². The van der Waals surface area contributed by atoms with Gasteiger partial charge in [-0.15, -0.1) is 10.2 Å². The van der Waals surface area contributed by atoms with Crippen LogP contribution in [0.4, 0.5) is 0 Å². The fourth-order valence-corrected chi connectivity index (χ4v) is 3.85. The number of aromatic nitrogens is 3. The van der Waals surface area contributed by atoms with Gasteiger partial charge >= 0.3 is 5.97 Å². The van der Waals surface area contributed by atoms with E-state index in [0.29, 0.717) is 11.0 Å². The Kier molecular flexibility index (Phi) is 5.42. The number of carbonyl (C=O) groups excluding carboxylic acids is 1. The van der Waals surface area contributed by atoms with E-state index in [-0.39, 0.29) is 22.4 Å². The highest BCUT2D eigenvalue weighted by Crippen LogP contribution is 2.20. The maximum atomic E-state index is 12.4. The van der Waals surface area contributed by atoms with Crippen molar-refractivity contribution in [1.29, 1.82) is 0 Å². The van der Waals surface area contributed by atoms with Crippen molar-refractivity contribution in [3.05, 3.63) is 35.7 Å². The van der Waals surface area contributed by atoms with Crippen molar-refractivity contribution in [3.8, 4) is 0 Å². The lowest BCUT2D eigenvalue weighted by Gasteiger charge is -2.06. The van der Waals surface area contributed by atoms with Crippen LogP contribution in [-0.4, -0.2) is 42.0 Å². The molecule has 124 valence electrons. The molecule has 0 saturated carbocycles. The Labute approximate surface area is 139 Å². The van der Waals surface area contributed by atoms with Gasteiger partial charge in [0, 0.05) is 7.05 Å². The lowest BCUT2D eigenvalue weighted by molar-refractivity contribution is -0.137. The van der Waals surface area contributed by atoms with Crippen molar-refractivity contribution in [2.45, 2.75) is 22.7 Å². The number of esters is 1. The van der Waals surface area contributed by atoms with Crippen LogP contribution in [0.5, 0.6) is 0 Å². The quantitative estimate of drug-likeness (QED) is 0.571. The first-order valence-electron chi connectivity index (χ1n) is 6.71. The van der Waals surface area contributed by atoms with Gasteiger partial charge in [-0.1, -0.05) is 29.5 Å². The van der Waals surface area contributed by atoms with E-state index in [1.807, 2.05) is 6.92 Å². The van der Waals surface area contributed by atoms with Crippen molar-refractivity contribution >= 4 is 27.6 Å². The van der Waals surface area contributed by atoms with Crippen LogP contribution < -0.4 is 0 Å². The lowest BCUT2D eigenvalue weighted by atomic mass is 10.2. The molecule has 7 nitrogen and oxygen atoms in total. The van der Waals surface area contributed by atoms with E-state index < -0.39 is 9.84 Å². The minimum Gasteiger partial charge on any atom is -0.468 e. The Morgan fingerprint density at radius 2 is 1.91 bits per heavy atom. The molecule has 0 amide bonds. The van der Waals surface area contributed by atoms with Gasteiger partial charge in [0.25, 0.3) is 0 Å². The summed E-state index contributed by atoms with van der Waals surface area (Å²) in [6.45, 7) is 1.89. The average Bonchev–Trinajstić information content (AvgIpc) is 2.85. The highest BCUT2D eigenvalue weighted by molar-refractivity contribution is 7.99. The molecule has 0 bridgehead atoms. The van der Waals surface area contributed by atoms with E-state index in [0.717, 1.165) is 17.3 Å². The molecule has 0 aliphatic rings. The Bertz CT molecular complexity index is 798. The van der Waals surface area contributed by atoms with Crippen LogP contribution in [-0.2, 0) is 32.2 Å². The number of rotatable bonds is 6. The summed E-state index contributed by atoms with van der Waals surface area (Å²) < 4.78 is 31.0. The average molecular weight is 355 g/mol. The van der Waals surface area contributed by atoms with Gasteiger partial charge < -0.3 is 9.30 Å². The molecule has 1 aromatic carbocycles. The predicted octanol–water partition coefficient (Wildman–Crippen LogP) is 1.36. The van der Waals surface area contributed by atoms with Gasteiger partial charge in [-0.25, -0.2) is 8.42 Å². The van der Waals surface area contributed by atoms with Crippen molar-refractivity contribution in [2.75, 3.05) is 12.9 Å². The van der Waals surface area contributed by atoms with Crippen molar-refractivity contribution < 1.29 is 17.9 Å². The second-order valence-corrected chi connectivity index (χ2v) is 7.83. The van der Waals surface area contributed by atoms with E-state index in [2.05, 4.69) is 14.9 Å². The number of carbonyl (C=O) groups is 1. The van der Waals surface area contributed by atoms with Crippen LogP contribution in [0.3, 0.4) is 0 Å². The van der Waals surface area contributed by atoms with E-state index in [1.54, 1.807) is 35.9 Å². The number of methoxy groups -OCH3 is 1. The molecule has 2 rings (SSSR count). The maximum absolute atomic E-state index is 12.4. The number of hydrogen-bond acceptors (Lipinski definition) is 7. The van der Waals surface area contributed by atoms with Crippen LogP contribution in [0.25, 0.3) is 0 Å². The Hall–Kier alpha value is -1.87. The van der Waals surface area contributed by atoms with Crippen LogP contribution in [0.1, 0.15) is 11.4 Å². The molecule has 1 heterocycles. The topological polar surface area (TPSA) is 91.2 Å². The Balaban J connectivity index is 2.15. The Morgan fingerprint density at radius 1 is 1.26 bits per heavy atom. The van der Waals surface area contributed by atoms with Crippen LogP contribution in [0.2, 0.25) is 0 Å². The molecule has 0 radical (unpaired) electrons. The summed E-state index contributed by atoms with van der Waals surface area (Å²) in [6.07, 6.45) is 0. The molecule has 0 fully saturated rings. The lowest BCUT2D eigenvalue weighted by Crippen LogP contribution is -2.10. The summed E-state index contributed by atoms with van der Waals surface area (Å²) >= 11 is 1.14. The number of thioether (sulfide) groups is 1. The van der Waals surface area contributed by atoms with Gasteiger partial charge in [0.15, 0.2) is 15.0 Å². The minimum atomic E-state index is -3.50. The SMILES string of the molecule is COC(=O)CSc1nnc(CS(=O)(=O)c2ccc(C)cc2)n1C. The van der Waals surface area contributed by atoms with Crippen LogP contribution in [0, 0.1) is 6.92 Å². The smallest absolute Gasteiger partial charge is 0.316 e. The van der Waals surface area contributed by atoms with Crippen LogP contribution in [0.15, 0.2) is 34.3 Å². The monoisotopic (exact) mass is 355 g/mol. The number of sulfone groups is 1. The highest BCUT2D eigenvalue weighted by atomic mass is 32.2. The molecule has 1 aromatic heterocycles. The molecule has 0 unspecified atom stereocenters. The predicted molar refractivity (Wildman–Crippen MR) is 85.8 cm³/mol. The number of ether oxygens (including phenoxy) is 1. The molecule has 2 aromatic rings. The molecule has 0 N–H and O–H groups in total. The zero-order valence-corrected chi connectivity index (χ0v) is 14.6. The minimum absolute atomic E-state index is 0.0905. The molecule has 0 aliphatic heterocycles. The molecule has 0 atom stereocenters. The second kappa shape index (κ2) is 7.14. The molecule has 0 saturated heterocycles. The number of aryl methyl sites for hydroxylation is 1. The molecule has 9 heteroatoms. The zero-order chi connectivity index (χ0) is 17.0. The zero-order valence-electron chi connectivity index (χ0n) is 13.0. The molecule has 23 heavy (non-hydrogen) atoms. The molecular weight excluding hydrogens is 338 g/mol. The van der Waals surface area contributed by atoms with Gasteiger partial charge in [0.1, 0.15) is 11.6 Å². The summed E-state index contributed by atoms with van der Waals surface area (Å²) in [5.41, 5.74) is 0.990. The standard InChI is InChI=1S/C14H17N3O4S2/c1-10-4-6-11(7-5-10)23(19,20)9-12-15-16-14(17(12)2)22-8-13(18)21-3/h4-7H,8-9H2,1-3H3. The van der Waals surface area contributed by atoms with Gasteiger partial charge in [0.05, 0.1) is 17.8 Å². The number of benzene rings is 1. The van der Waals surface area contributed by atoms with Crippen molar-refractivity contribution in [1.82, 2.24) is 14.8 Å². The van der Waals surface area contributed by atoms with E-state index in [9.17, 15) is 13.2 Å². The second-order valence-electron chi connectivity index (χ2n) is 4.89. The third-order valence-corrected chi connectivity index (χ3v) is 5.79. The summed E-state index contributed by atoms with van der Waals surface area (Å²) in [6, 6.07) is 6.66. The normalized spacial score (nSPS) is 11.4. The third kappa shape index (κ3) is 4.32. The van der Waals surface area contributed by atoms with E-state index >= 15 is 0 Å². The third-order valence-electron chi connectivity index (χ3n) is 3.17. The first kappa shape index (κ1) is 17.5.